The summed E-state index contributed by atoms with van der Waals surface area (Å²) in [6.07, 6.45) is 1.32. The monoisotopic (exact) mass is 301 g/mol. The quantitative estimate of drug-likeness (QED) is 0.927. The smallest absolute Gasteiger partial charge is 0.258 e. The number of nitrogens with one attached hydrogen (secondary N) is 1. The van der Waals surface area contributed by atoms with Crippen LogP contribution in [0.1, 0.15) is 25.6 Å². The molecule has 1 atom stereocenters. The zero-order chi connectivity index (χ0) is 15.5. The number of aromatic amines is 1. The Hall–Kier alpha value is -2.21. The van der Waals surface area contributed by atoms with Gasteiger partial charge in [-0.25, -0.2) is 4.98 Å². The third-order valence-electron chi connectivity index (χ3n) is 3.90. The molecule has 6 nitrogen and oxygen atoms in total. The first kappa shape index (κ1) is 14.7. The van der Waals surface area contributed by atoms with Crippen molar-refractivity contribution in [3.05, 3.63) is 40.4 Å². The normalized spacial score (nSPS) is 17.8. The van der Waals surface area contributed by atoms with Crippen LogP contribution in [0.5, 0.6) is 0 Å². The fourth-order valence-electron chi connectivity index (χ4n) is 2.71. The van der Waals surface area contributed by atoms with Crippen molar-refractivity contribution in [2.75, 3.05) is 13.2 Å². The molecular weight excluding hydrogens is 282 g/mol. The van der Waals surface area contributed by atoms with E-state index >= 15 is 0 Å². The first-order valence-corrected chi connectivity index (χ1v) is 7.57. The molecule has 1 aliphatic heterocycles. The van der Waals surface area contributed by atoms with Gasteiger partial charge in [-0.1, -0.05) is 12.1 Å². The molecule has 1 N–H and O–H groups in total. The summed E-state index contributed by atoms with van der Waals surface area (Å²) >= 11 is 0. The molecule has 116 valence electrons. The Labute approximate surface area is 128 Å². The number of ether oxygens (including phenoxy) is 1. The maximum atomic E-state index is 12.4. The summed E-state index contributed by atoms with van der Waals surface area (Å²) < 4.78 is 5.45. The highest BCUT2D eigenvalue weighted by Crippen LogP contribution is 2.16. The zero-order valence-corrected chi connectivity index (χ0v) is 12.5. The molecule has 6 heteroatoms. The standard InChI is InChI=1S/C16H19N3O3/c1-2-19(16(21)13-8-5-9-22-13)10-14-17-12-7-4-3-6-11(12)15(20)18-14/h3-4,6-7,13H,2,5,8-10H2,1H3,(H,17,18,20). The summed E-state index contributed by atoms with van der Waals surface area (Å²) in [6, 6.07) is 7.18. The van der Waals surface area contributed by atoms with Gasteiger partial charge in [0.05, 0.1) is 17.4 Å². The Morgan fingerprint density at radius 2 is 2.27 bits per heavy atom. The number of benzene rings is 1. The third kappa shape index (κ3) is 2.87. The number of hydrogen-bond acceptors (Lipinski definition) is 4. The van der Waals surface area contributed by atoms with Gasteiger partial charge < -0.3 is 14.6 Å². The van der Waals surface area contributed by atoms with Gasteiger partial charge in [-0.3, -0.25) is 9.59 Å². The van der Waals surface area contributed by atoms with Crippen molar-refractivity contribution in [3.8, 4) is 0 Å². The third-order valence-corrected chi connectivity index (χ3v) is 3.90. The average molecular weight is 301 g/mol. The maximum Gasteiger partial charge on any atom is 0.258 e. The first-order chi connectivity index (χ1) is 10.7. The number of nitrogens with zero attached hydrogens (tertiary/aromatic N) is 2. The molecule has 1 aromatic carbocycles. The molecule has 2 aromatic rings. The summed E-state index contributed by atoms with van der Waals surface area (Å²) in [5, 5.41) is 0.555. The Morgan fingerprint density at radius 1 is 1.45 bits per heavy atom. The molecule has 1 saturated heterocycles. The Bertz CT molecular complexity index is 735. The van der Waals surface area contributed by atoms with Crippen LogP contribution in [0.4, 0.5) is 0 Å². The number of amides is 1. The molecule has 1 aliphatic rings. The molecule has 1 unspecified atom stereocenters. The predicted octanol–water partition coefficient (Wildman–Crippen LogP) is 1.45. The summed E-state index contributed by atoms with van der Waals surface area (Å²) in [6.45, 7) is 3.38. The van der Waals surface area contributed by atoms with E-state index in [1.807, 2.05) is 13.0 Å². The Kier molecular flexibility index (Phi) is 4.20. The van der Waals surface area contributed by atoms with Crippen LogP contribution >= 0.6 is 0 Å². The number of carbonyl (C=O) groups excluding carboxylic acids is 1. The van der Waals surface area contributed by atoms with Crippen molar-refractivity contribution in [2.24, 2.45) is 0 Å². The minimum absolute atomic E-state index is 0.0317. The zero-order valence-electron chi connectivity index (χ0n) is 12.5. The van der Waals surface area contributed by atoms with Crippen molar-refractivity contribution >= 4 is 16.8 Å². The molecule has 1 aromatic heterocycles. The van der Waals surface area contributed by atoms with Crippen LogP contribution in [0.15, 0.2) is 29.1 Å². The van der Waals surface area contributed by atoms with Gasteiger partial charge in [0.1, 0.15) is 11.9 Å². The van der Waals surface area contributed by atoms with Gasteiger partial charge in [-0.2, -0.15) is 0 Å². The molecule has 0 spiro atoms. The molecule has 0 bridgehead atoms. The lowest BCUT2D eigenvalue weighted by atomic mass is 10.2. The molecular formula is C16H19N3O3. The highest BCUT2D eigenvalue weighted by molar-refractivity contribution is 5.81. The van der Waals surface area contributed by atoms with Gasteiger partial charge in [0.15, 0.2) is 0 Å². The van der Waals surface area contributed by atoms with Gasteiger partial charge in [0, 0.05) is 13.2 Å². The number of fused-ring (bicyclic) bond motifs is 1. The van der Waals surface area contributed by atoms with Gasteiger partial charge in [0.25, 0.3) is 11.5 Å². The van der Waals surface area contributed by atoms with E-state index in [-0.39, 0.29) is 24.1 Å². The topological polar surface area (TPSA) is 75.3 Å². The van der Waals surface area contributed by atoms with Crippen molar-refractivity contribution in [1.29, 1.82) is 0 Å². The lowest BCUT2D eigenvalue weighted by Crippen LogP contribution is -2.39. The van der Waals surface area contributed by atoms with Crippen LogP contribution in [0.3, 0.4) is 0 Å². The molecule has 1 fully saturated rings. The Morgan fingerprint density at radius 3 is 3.00 bits per heavy atom. The van der Waals surface area contributed by atoms with E-state index in [1.165, 1.54) is 0 Å². The van der Waals surface area contributed by atoms with E-state index in [9.17, 15) is 9.59 Å². The largest absolute Gasteiger partial charge is 0.368 e. The van der Waals surface area contributed by atoms with Crippen LogP contribution in [0.2, 0.25) is 0 Å². The molecule has 3 rings (SSSR count). The maximum absolute atomic E-state index is 12.4. The van der Waals surface area contributed by atoms with Crippen LogP contribution in [0, 0.1) is 0 Å². The summed E-state index contributed by atoms with van der Waals surface area (Å²) in [7, 11) is 0. The van der Waals surface area contributed by atoms with E-state index in [0.29, 0.717) is 29.9 Å². The number of carbonyl (C=O) groups is 1. The number of H-pyrrole nitrogens is 1. The molecule has 0 saturated carbocycles. The molecule has 2 heterocycles. The van der Waals surface area contributed by atoms with Crippen LogP contribution in [0.25, 0.3) is 10.9 Å². The predicted molar refractivity (Wildman–Crippen MR) is 82.4 cm³/mol. The summed E-state index contributed by atoms with van der Waals surface area (Å²) in [5.41, 5.74) is 0.461. The highest BCUT2D eigenvalue weighted by Gasteiger charge is 2.27. The van der Waals surface area contributed by atoms with Crippen molar-refractivity contribution in [2.45, 2.75) is 32.4 Å². The van der Waals surface area contributed by atoms with E-state index in [1.54, 1.807) is 23.1 Å². The second-order valence-electron chi connectivity index (χ2n) is 5.38. The van der Waals surface area contributed by atoms with Crippen LogP contribution in [-0.4, -0.2) is 40.0 Å². The first-order valence-electron chi connectivity index (χ1n) is 7.57. The number of rotatable bonds is 4. The van der Waals surface area contributed by atoms with E-state index in [4.69, 9.17) is 4.74 Å². The number of para-hydroxylation sites is 1. The fourth-order valence-corrected chi connectivity index (χ4v) is 2.71. The second-order valence-corrected chi connectivity index (χ2v) is 5.38. The average Bonchev–Trinajstić information content (AvgIpc) is 3.06. The van der Waals surface area contributed by atoms with Gasteiger partial charge in [-0.05, 0) is 31.9 Å². The minimum Gasteiger partial charge on any atom is -0.368 e. The Balaban J connectivity index is 1.84. The lowest BCUT2D eigenvalue weighted by molar-refractivity contribution is -0.141. The lowest BCUT2D eigenvalue weighted by Gasteiger charge is -2.23. The summed E-state index contributed by atoms with van der Waals surface area (Å²) in [5.74, 6) is 0.465. The highest BCUT2D eigenvalue weighted by atomic mass is 16.5. The fraction of sp³-hybridized carbons (Fsp3) is 0.438. The van der Waals surface area contributed by atoms with Crippen molar-refractivity contribution in [1.82, 2.24) is 14.9 Å². The SMILES string of the molecule is CCN(Cc1nc2ccccc2c(=O)[nH]1)C(=O)C1CCCO1. The van der Waals surface area contributed by atoms with Crippen molar-refractivity contribution in [3.63, 3.8) is 0 Å². The molecule has 22 heavy (non-hydrogen) atoms. The van der Waals surface area contributed by atoms with Crippen LogP contribution in [-0.2, 0) is 16.1 Å². The van der Waals surface area contributed by atoms with Gasteiger partial charge in [-0.15, -0.1) is 0 Å². The van der Waals surface area contributed by atoms with E-state index < -0.39 is 0 Å². The van der Waals surface area contributed by atoms with Crippen molar-refractivity contribution < 1.29 is 9.53 Å². The van der Waals surface area contributed by atoms with Gasteiger partial charge in [0.2, 0.25) is 0 Å². The van der Waals surface area contributed by atoms with Gasteiger partial charge >= 0.3 is 0 Å². The number of likely N-dealkylation sites (N-methyl/N-ethyl adjacent to an activating group) is 1. The second kappa shape index (κ2) is 6.27. The molecule has 1 amide bonds. The molecule has 0 radical (unpaired) electrons. The molecule has 0 aliphatic carbocycles. The number of hydrogen-bond donors (Lipinski definition) is 1. The summed E-state index contributed by atoms with van der Waals surface area (Å²) in [4.78, 5) is 33.4. The van der Waals surface area contributed by atoms with Crippen LogP contribution < -0.4 is 5.56 Å². The number of aromatic nitrogens is 2. The van der Waals surface area contributed by atoms with E-state index in [2.05, 4.69) is 9.97 Å². The van der Waals surface area contributed by atoms with E-state index in [0.717, 1.165) is 12.8 Å². The minimum atomic E-state index is -0.355.